The number of hydrazine groups is 1. The molecule has 3 rings (SSSR count). The Morgan fingerprint density at radius 1 is 1.43 bits per heavy atom. The predicted molar refractivity (Wildman–Crippen MR) is 85.2 cm³/mol. The van der Waals surface area contributed by atoms with Gasteiger partial charge in [0.15, 0.2) is 5.82 Å². The molecule has 2 aromatic rings. The van der Waals surface area contributed by atoms with Crippen molar-refractivity contribution in [3.05, 3.63) is 16.3 Å². The maximum Gasteiger partial charge on any atom is 0.152 e. The molecule has 1 unspecified atom stereocenters. The standard InChI is InChI=1S/C14H21N5OS/c1-8-9(2)21-14-12(8)13(18-15)16-11(17-14)7-19-5-3-4-10(20)6-19/h10,20H,3-7,15H2,1-2H3,(H,16,17,18). The van der Waals surface area contributed by atoms with Gasteiger partial charge in [0.2, 0.25) is 0 Å². The Morgan fingerprint density at radius 2 is 2.24 bits per heavy atom. The largest absolute Gasteiger partial charge is 0.392 e. The van der Waals surface area contributed by atoms with Crippen molar-refractivity contribution in [2.75, 3.05) is 18.5 Å². The van der Waals surface area contributed by atoms with Crippen LogP contribution in [-0.2, 0) is 6.54 Å². The minimum Gasteiger partial charge on any atom is -0.392 e. The van der Waals surface area contributed by atoms with Crippen molar-refractivity contribution in [2.45, 2.75) is 39.3 Å². The van der Waals surface area contributed by atoms with Crippen molar-refractivity contribution in [1.29, 1.82) is 0 Å². The molecule has 114 valence electrons. The lowest BCUT2D eigenvalue weighted by molar-refractivity contribution is 0.0656. The van der Waals surface area contributed by atoms with Crippen LogP contribution in [0.5, 0.6) is 0 Å². The molecule has 4 N–H and O–H groups in total. The number of nitrogens with zero attached hydrogens (tertiary/aromatic N) is 3. The summed E-state index contributed by atoms with van der Waals surface area (Å²) in [7, 11) is 0. The first kappa shape index (κ1) is 14.6. The molecule has 2 aromatic heterocycles. The minimum atomic E-state index is -0.235. The van der Waals surface area contributed by atoms with Gasteiger partial charge in [-0.3, -0.25) is 4.90 Å². The second-order valence-corrected chi connectivity index (χ2v) is 6.83. The number of fused-ring (bicyclic) bond motifs is 1. The number of anilines is 1. The highest BCUT2D eigenvalue weighted by atomic mass is 32.1. The number of piperidine rings is 1. The van der Waals surface area contributed by atoms with E-state index in [2.05, 4.69) is 34.1 Å². The predicted octanol–water partition coefficient (Wildman–Crippen LogP) is 1.55. The van der Waals surface area contributed by atoms with Gasteiger partial charge in [0.25, 0.3) is 0 Å². The Bertz CT molecular complexity index is 656. The normalized spacial score (nSPS) is 20.1. The molecule has 3 heterocycles. The van der Waals surface area contributed by atoms with Gasteiger partial charge in [-0.05, 0) is 38.8 Å². The average Bonchev–Trinajstić information content (AvgIpc) is 2.73. The van der Waals surface area contributed by atoms with Crippen molar-refractivity contribution in [2.24, 2.45) is 5.84 Å². The van der Waals surface area contributed by atoms with Crippen LogP contribution >= 0.6 is 11.3 Å². The quantitative estimate of drug-likeness (QED) is 0.589. The number of likely N-dealkylation sites (tertiary alicyclic amines) is 1. The average molecular weight is 307 g/mol. The van der Waals surface area contributed by atoms with E-state index in [-0.39, 0.29) is 6.10 Å². The van der Waals surface area contributed by atoms with Gasteiger partial charge >= 0.3 is 0 Å². The van der Waals surface area contributed by atoms with E-state index in [9.17, 15) is 5.11 Å². The number of β-amino-alcohol motifs (C(OH)–C–C–N with tert-alkyl or cyclic N) is 1. The van der Waals surface area contributed by atoms with Crippen LogP contribution in [-0.4, -0.2) is 39.2 Å². The molecule has 0 amide bonds. The lowest BCUT2D eigenvalue weighted by atomic mass is 10.1. The second kappa shape index (κ2) is 5.84. The lowest BCUT2D eigenvalue weighted by Crippen LogP contribution is -2.38. The number of rotatable bonds is 3. The zero-order chi connectivity index (χ0) is 15.0. The number of nitrogens with one attached hydrogen (secondary N) is 1. The fraction of sp³-hybridized carbons (Fsp3) is 0.571. The number of aryl methyl sites for hydroxylation is 2. The molecular formula is C14H21N5OS. The molecule has 7 heteroatoms. The summed E-state index contributed by atoms with van der Waals surface area (Å²) < 4.78 is 0. The highest BCUT2D eigenvalue weighted by Crippen LogP contribution is 2.33. The third-order valence-corrected chi connectivity index (χ3v) is 5.16. The van der Waals surface area contributed by atoms with E-state index in [0.717, 1.165) is 35.4 Å². The summed E-state index contributed by atoms with van der Waals surface area (Å²) in [4.78, 5) is 13.6. The van der Waals surface area contributed by atoms with Crippen LogP contribution in [0, 0.1) is 13.8 Å². The number of aliphatic hydroxyl groups is 1. The van der Waals surface area contributed by atoms with Crippen molar-refractivity contribution in [1.82, 2.24) is 14.9 Å². The molecule has 0 bridgehead atoms. The Kier molecular flexibility index (Phi) is 4.08. The zero-order valence-electron chi connectivity index (χ0n) is 12.4. The van der Waals surface area contributed by atoms with Gasteiger partial charge in [0.1, 0.15) is 10.7 Å². The van der Waals surface area contributed by atoms with Crippen LogP contribution in [0.3, 0.4) is 0 Å². The number of aliphatic hydroxyl groups excluding tert-OH is 1. The molecule has 1 aliphatic heterocycles. The van der Waals surface area contributed by atoms with Gasteiger partial charge in [0, 0.05) is 11.4 Å². The Balaban J connectivity index is 1.92. The third-order valence-electron chi connectivity index (χ3n) is 4.06. The Morgan fingerprint density at radius 3 is 2.95 bits per heavy atom. The summed E-state index contributed by atoms with van der Waals surface area (Å²) in [6.07, 6.45) is 1.67. The van der Waals surface area contributed by atoms with E-state index in [1.165, 1.54) is 10.4 Å². The van der Waals surface area contributed by atoms with E-state index in [1.54, 1.807) is 11.3 Å². The van der Waals surface area contributed by atoms with Crippen LogP contribution in [0.1, 0.15) is 29.1 Å². The van der Waals surface area contributed by atoms with Gasteiger partial charge in [-0.15, -0.1) is 11.3 Å². The number of nitrogens with two attached hydrogens (primary N) is 1. The van der Waals surface area contributed by atoms with Crippen LogP contribution < -0.4 is 11.3 Å². The Hall–Kier alpha value is -1.28. The topological polar surface area (TPSA) is 87.3 Å². The van der Waals surface area contributed by atoms with Crippen LogP contribution in [0.2, 0.25) is 0 Å². The summed E-state index contributed by atoms with van der Waals surface area (Å²) in [5.41, 5.74) is 3.88. The highest BCUT2D eigenvalue weighted by Gasteiger charge is 2.20. The smallest absolute Gasteiger partial charge is 0.152 e. The van der Waals surface area contributed by atoms with Crippen LogP contribution in [0.4, 0.5) is 5.82 Å². The second-order valence-electron chi connectivity index (χ2n) is 5.63. The van der Waals surface area contributed by atoms with Gasteiger partial charge in [-0.2, -0.15) is 0 Å². The molecule has 1 fully saturated rings. The molecule has 0 aliphatic carbocycles. The maximum absolute atomic E-state index is 9.76. The van der Waals surface area contributed by atoms with Crippen LogP contribution in [0.15, 0.2) is 0 Å². The Labute approximate surface area is 128 Å². The first-order chi connectivity index (χ1) is 10.1. The van der Waals surface area contributed by atoms with Gasteiger partial charge in [-0.25, -0.2) is 15.8 Å². The SMILES string of the molecule is Cc1sc2nc(CN3CCCC(O)C3)nc(NN)c2c1C. The molecule has 0 aromatic carbocycles. The fourth-order valence-electron chi connectivity index (χ4n) is 2.84. The molecule has 1 aliphatic rings. The molecule has 0 radical (unpaired) electrons. The van der Waals surface area contributed by atoms with E-state index in [1.807, 2.05) is 0 Å². The third kappa shape index (κ3) is 2.87. The van der Waals surface area contributed by atoms with Gasteiger partial charge in [0.05, 0.1) is 18.0 Å². The highest BCUT2D eigenvalue weighted by molar-refractivity contribution is 7.18. The fourth-order valence-corrected chi connectivity index (χ4v) is 3.89. The minimum absolute atomic E-state index is 0.235. The maximum atomic E-state index is 9.76. The van der Waals surface area contributed by atoms with Gasteiger partial charge < -0.3 is 10.5 Å². The molecule has 21 heavy (non-hydrogen) atoms. The molecular weight excluding hydrogens is 286 g/mol. The van der Waals surface area contributed by atoms with E-state index in [4.69, 9.17) is 5.84 Å². The zero-order valence-corrected chi connectivity index (χ0v) is 13.2. The number of hydrogen-bond acceptors (Lipinski definition) is 7. The molecule has 1 atom stereocenters. The molecule has 0 spiro atoms. The van der Waals surface area contributed by atoms with Gasteiger partial charge in [-0.1, -0.05) is 0 Å². The van der Waals surface area contributed by atoms with Crippen molar-refractivity contribution >= 4 is 27.4 Å². The number of hydrogen-bond donors (Lipinski definition) is 3. The lowest BCUT2D eigenvalue weighted by Gasteiger charge is -2.29. The molecule has 0 saturated carbocycles. The number of nitrogen functional groups attached to an aromatic ring is 1. The number of aromatic nitrogens is 2. The summed E-state index contributed by atoms with van der Waals surface area (Å²) in [6, 6.07) is 0. The first-order valence-corrected chi connectivity index (χ1v) is 8.03. The summed E-state index contributed by atoms with van der Waals surface area (Å²) in [5.74, 6) is 7.07. The van der Waals surface area contributed by atoms with Crippen LogP contribution in [0.25, 0.3) is 10.2 Å². The summed E-state index contributed by atoms with van der Waals surface area (Å²) >= 11 is 1.67. The van der Waals surface area contributed by atoms with E-state index < -0.39 is 0 Å². The summed E-state index contributed by atoms with van der Waals surface area (Å²) in [5, 5.41) is 10.8. The van der Waals surface area contributed by atoms with Crippen molar-refractivity contribution < 1.29 is 5.11 Å². The van der Waals surface area contributed by atoms with E-state index in [0.29, 0.717) is 18.9 Å². The summed E-state index contributed by atoms with van der Waals surface area (Å²) in [6.45, 7) is 6.47. The van der Waals surface area contributed by atoms with Crippen molar-refractivity contribution in [3.8, 4) is 0 Å². The molecule has 1 saturated heterocycles. The first-order valence-electron chi connectivity index (χ1n) is 7.22. The monoisotopic (exact) mass is 307 g/mol. The van der Waals surface area contributed by atoms with E-state index >= 15 is 0 Å². The molecule has 6 nitrogen and oxygen atoms in total. The number of thiophene rings is 1. The van der Waals surface area contributed by atoms with Crippen molar-refractivity contribution in [3.63, 3.8) is 0 Å².